The first-order valence-corrected chi connectivity index (χ1v) is 12.1. The number of aromatic nitrogens is 4. The van der Waals surface area contributed by atoms with E-state index in [4.69, 9.17) is 4.74 Å². The molecule has 0 bridgehead atoms. The Morgan fingerprint density at radius 2 is 1.86 bits per heavy atom. The van der Waals surface area contributed by atoms with E-state index in [1.807, 2.05) is 0 Å². The summed E-state index contributed by atoms with van der Waals surface area (Å²) < 4.78 is 35.2. The summed E-state index contributed by atoms with van der Waals surface area (Å²) in [5, 5.41) is 15.7. The molecule has 0 radical (unpaired) electrons. The van der Waals surface area contributed by atoms with Gasteiger partial charge in [0, 0.05) is 19.2 Å². The summed E-state index contributed by atoms with van der Waals surface area (Å²) in [6.45, 7) is 1.36. The highest BCUT2D eigenvalue weighted by Crippen LogP contribution is 2.24. The minimum absolute atomic E-state index is 0.0882. The van der Waals surface area contributed by atoms with E-state index in [9.17, 15) is 23.3 Å². The van der Waals surface area contributed by atoms with Crippen LogP contribution in [-0.4, -0.2) is 63.3 Å². The van der Waals surface area contributed by atoms with Crippen molar-refractivity contribution in [2.45, 2.75) is 11.4 Å². The molecule has 35 heavy (non-hydrogen) atoms. The van der Waals surface area contributed by atoms with Gasteiger partial charge in [-0.3, -0.25) is 19.5 Å². The molecule has 1 saturated heterocycles. The van der Waals surface area contributed by atoms with E-state index in [1.54, 1.807) is 24.3 Å². The molecule has 3 heterocycles. The average Bonchev–Trinajstić information content (AvgIpc) is 3.31. The van der Waals surface area contributed by atoms with E-state index in [0.717, 1.165) is 0 Å². The van der Waals surface area contributed by atoms with Crippen molar-refractivity contribution in [2.75, 3.05) is 26.3 Å². The van der Waals surface area contributed by atoms with Crippen molar-refractivity contribution in [1.82, 2.24) is 23.6 Å². The zero-order valence-electron chi connectivity index (χ0n) is 18.4. The molecule has 13 heteroatoms. The maximum absolute atomic E-state index is 13.1. The van der Waals surface area contributed by atoms with Crippen molar-refractivity contribution in [1.29, 1.82) is 0 Å². The zero-order valence-corrected chi connectivity index (χ0v) is 19.2. The van der Waals surface area contributed by atoms with Gasteiger partial charge in [-0.05, 0) is 23.8 Å². The smallest absolute Gasteiger partial charge is 0.294 e. The summed E-state index contributed by atoms with van der Waals surface area (Å²) in [6.07, 6.45) is 2.64. The van der Waals surface area contributed by atoms with Gasteiger partial charge in [-0.1, -0.05) is 24.3 Å². The molecule has 2 aromatic carbocycles. The molecule has 0 aliphatic carbocycles. The van der Waals surface area contributed by atoms with Crippen molar-refractivity contribution in [3.8, 4) is 5.69 Å². The van der Waals surface area contributed by atoms with Gasteiger partial charge in [-0.15, -0.1) is 0 Å². The molecule has 1 fully saturated rings. The van der Waals surface area contributed by atoms with Gasteiger partial charge < -0.3 is 4.74 Å². The fourth-order valence-electron chi connectivity index (χ4n) is 3.97. The van der Waals surface area contributed by atoms with Gasteiger partial charge in [0.05, 0.1) is 35.8 Å². The topological polar surface area (TPSA) is 142 Å². The Hall–Kier alpha value is -3.94. The number of ether oxygens (including phenoxy) is 1. The van der Waals surface area contributed by atoms with Crippen LogP contribution < -0.4 is 5.56 Å². The Balaban J connectivity index is 1.48. The number of nitro groups is 1. The SMILES string of the molecule is O=c1c2cnn(-c3ccccc3[N+](=O)[O-])c2ncn1Cc1cccc(S(=O)(=O)N2CCOCC2)c1. The molecule has 0 amide bonds. The van der Waals surface area contributed by atoms with E-state index in [1.165, 1.54) is 50.3 Å². The predicted molar refractivity (Wildman–Crippen MR) is 125 cm³/mol. The molecule has 0 atom stereocenters. The van der Waals surface area contributed by atoms with Gasteiger partial charge in [-0.25, -0.2) is 18.1 Å². The van der Waals surface area contributed by atoms with Crippen LogP contribution in [0, 0.1) is 10.1 Å². The lowest BCUT2D eigenvalue weighted by Gasteiger charge is -2.26. The van der Waals surface area contributed by atoms with Crippen molar-refractivity contribution in [3.05, 3.63) is 87.1 Å². The standard InChI is InChI=1S/C22H20N6O6S/c29-22-18-13-24-27(19-6-1-2-7-20(19)28(30)31)21(18)23-15-25(22)14-16-4-3-5-17(12-16)35(32,33)26-8-10-34-11-9-26/h1-7,12-13,15H,8-11,14H2. The minimum atomic E-state index is -3.68. The largest absolute Gasteiger partial charge is 0.379 e. The third kappa shape index (κ3) is 4.20. The number of fused-ring (bicyclic) bond motifs is 1. The molecule has 12 nitrogen and oxygen atoms in total. The highest BCUT2D eigenvalue weighted by molar-refractivity contribution is 7.89. The number of morpholine rings is 1. The monoisotopic (exact) mass is 496 g/mol. The number of hydrogen-bond acceptors (Lipinski definition) is 8. The summed E-state index contributed by atoms with van der Waals surface area (Å²) in [5.74, 6) is 0. The van der Waals surface area contributed by atoms with E-state index in [0.29, 0.717) is 18.8 Å². The van der Waals surface area contributed by atoms with Gasteiger partial charge in [0.15, 0.2) is 5.65 Å². The molecule has 5 rings (SSSR count). The lowest BCUT2D eigenvalue weighted by Crippen LogP contribution is -2.40. The van der Waals surface area contributed by atoms with E-state index in [-0.39, 0.29) is 46.9 Å². The van der Waals surface area contributed by atoms with Gasteiger partial charge in [0.2, 0.25) is 10.0 Å². The van der Waals surface area contributed by atoms with Gasteiger partial charge in [0.1, 0.15) is 17.4 Å². The molecular weight excluding hydrogens is 476 g/mol. The maximum Gasteiger partial charge on any atom is 0.294 e. The Kier molecular flexibility index (Phi) is 5.88. The molecule has 0 saturated carbocycles. The summed E-state index contributed by atoms with van der Waals surface area (Å²) in [4.78, 5) is 28.5. The molecule has 4 aromatic rings. The van der Waals surface area contributed by atoms with Crippen LogP contribution in [0.2, 0.25) is 0 Å². The van der Waals surface area contributed by atoms with E-state index in [2.05, 4.69) is 10.1 Å². The highest BCUT2D eigenvalue weighted by Gasteiger charge is 2.26. The Bertz CT molecular complexity index is 1590. The summed E-state index contributed by atoms with van der Waals surface area (Å²) in [5.41, 5.74) is 0.416. The predicted octanol–water partition coefficient (Wildman–Crippen LogP) is 1.56. The number of rotatable bonds is 6. The average molecular weight is 497 g/mol. The molecule has 180 valence electrons. The molecule has 1 aliphatic rings. The van der Waals surface area contributed by atoms with Gasteiger partial charge in [-0.2, -0.15) is 9.40 Å². The lowest BCUT2D eigenvalue weighted by molar-refractivity contribution is -0.384. The summed E-state index contributed by atoms with van der Waals surface area (Å²) in [6, 6.07) is 12.5. The zero-order chi connectivity index (χ0) is 24.6. The Labute approximate surface area is 199 Å². The molecule has 2 aromatic heterocycles. The quantitative estimate of drug-likeness (QED) is 0.289. The number of sulfonamides is 1. The van der Waals surface area contributed by atoms with Crippen LogP contribution in [0.3, 0.4) is 0 Å². The highest BCUT2D eigenvalue weighted by atomic mass is 32.2. The van der Waals surface area contributed by atoms with Crippen molar-refractivity contribution < 1.29 is 18.1 Å². The number of nitro benzene ring substituents is 1. The molecular formula is C22H20N6O6S. The molecule has 1 aliphatic heterocycles. The van der Waals surface area contributed by atoms with Gasteiger partial charge in [0.25, 0.3) is 11.2 Å². The Morgan fingerprint density at radius 3 is 2.63 bits per heavy atom. The molecule has 0 N–H and O–H groups in total. The van der Waals surface area contributed by atoms with Crippen LogP contribution in [0.5, 0.6) is 0 Å². The van der Waals surface area contributed by atoms with Crippen molar-refractivity contribution in [2.24, 2.45) is 0 Å². The van der Waals surface area contributed by atoms with E-state index < -0.39 is 20.5 Å². The number of hydrogen-bond donors (Lipinski definition) is 0. The second kappa shape index (κ2) is 9.02. The maximum atomic E-state index is 13.1. The fourth-order valence-corrected chi connectivity index (χ4v) is 5.45. The van der Waals surface area contributed by atoms with E-state index >= 15 is 0 Å². The van der Waals surface area contributed by atoms with Crippen LogP contribution in [0.1, 0.15) is 5.56 Å². The Morgan fingerprint density at radius 1 is 1.09 bits per heavy atom. The van der Waals surface area contributed by atoms with Crippen molar-refractivity contribution >= 4 is 26.7 Å². The van der Waals surface area contributed by atoms with Crippen LogP contribution in [0.4, 0.5) is 5.69 Å². The van der Waals surface area contributed by atoms with Crippen LogP contribution in [-0.2, 0) is 21.3 Å². The second-order valence-corrected chi connectivity index (χ2v) is 9.82. The minimum Gasteiger partial charge on any atom is -0.379 e. The van der Waals surface area contributed by atoms with Crippen LogP contribution >= 0.6 is 0 Å². The molecule has 0 unspecified atom stereocenters. The number of benzene rings is 2. The van der Waals surface area contributed by atoms with Crippen molar-refractivity contribution in [3.63, 3.8) is 0 Å². The first kappa shape index (κ1) is 22.8. The summed E-state index contributed by atoms with van der Waals surface area (Å²) >= 11 is 0. The lowest BCUT2D eigenvalue weighted by atomic mass is 10.2. The third-order valence-electron chi connectivity index (χ3n) is 5.72. The van der Waals surface area contributed by atoms with Crippen LogP contribution in [0.25, 0.3) is 16.7 Å². The third-order valence-corrected chi connectivity index (χ3v) is 7.61. The fraction of sp³-hybridized carbons (Fsp3) is 0.227. The first-order valence-electron chi connectivity index (χ1n) is 10.7. The molecule has 0 spiro atoms. The number of nitrogens with zero attached hydrogens (tertiary/aromatic N) is 6. The number of para-hydroxylation sites is 2. The summed E-state index contributed by atoms with van der Waals surface area (Å²) in [7, 11) is -3.68. The van der Waals surface area contributed by atoms with Crippen LogP contribution in [0.15, 0.2) is 70.7 Å². The first-order chi connectivity index (χ1) is 16.9. The van der Waals surface area contributed by atoms with Gasteiger partial charge >= 0.3 is 0 Å². The second-order valence-electron chi connectivity index (χ2n) is 7.88. The normalized spacial score (nSPS) is 14.9.